The van der Waals surface area contributed by atoms with Crippen molar-refractivity contribution < 1.29 is 8.42 Å². The van der Waals surface area contributed by atoms with Crippen molar-refractivity contribution in [1.82, 2.24) is 5.32 Å². The van der Waals surface area contributed by atoms with E-state index >= 15 is 0 Å². The van der Waals surface area contributed by atoms with Crippen LogP contribution in [0.3, 0.4) is 0 Å². The number of nitrogens with one attached hydrogen (secondary N) is 1. The van der Waals surface area contributed by atoms with Gasteiger partial charge in [-0.05, 0) is 17.7 Å². The Balaban J connectivity index is 2.32. The zero-order valence-corrected chi connectivity index (χ0v) is 10.8. The third-order valence-corrected chi connectivity index (χ3v) is 4.19. The van der Waals surface area contributed by atoms with Gasteiger partial charge in [0, 0.05) is 23.9 Å². The highest BCUT2D eigenvalue weighted by Crippen LogP contribution is 2.09. The molecule has 16 heavy (non-hydrogen) atoms. The Morgan fingerprint density at radius 3 is 2.75 bits per heavy atom. The fourth-order valence-corrected chi connectivity index (χ4v) is 2.21. The minimum atomic E-state index is -2.87. The Labute approximate surface area is 102 Å². The molecule has 5 heteroatoms. The average molecular weight is 262 g/mol. The molecule has 0 amide bonds. The van der Waals surface area contributed by atoms with E-state index in [0.717, 1.165) is 5.56 Å². The zero-order valence-electron chi connectivity index (χ0n) is 9.24. The van der Waals surface area contributed by atoms with Gasteiger partial charge in [-0.1, -0.05) is 30.7 Å². The molecule has 1 N–H and O–H groups in total. The van der Waals surface area contributed by atoms with Crippen LogP contribution >= 0.6 is 11.6 Å². The standard InChI is InChI=1S/C11H16ClNO2S/c1-2-16(14,15)7-6-13-9-10-4-3-5-11(12)8-10/h3-5,8,13H,2,6-7,9H2,1H3. The van der Waals surface area contributed by atoms with Gasteiger partial charge in [-0.15, -0.1) is 0 Å². The normalized spacial score (nSPS) is 11.6. The van der Waals surface area contributed by atoms with Gasteiger partial charge in [0.05, 0.1) is 5.75 Å². The second-order valence-electron chi connectivity index (χ2n) is 3.54. The molecule has 0 fully saturated rings. The van der Waals surface area contributed by atoms with Crippen LogP contribution in [0.1, 0.15) is 12.5 Å². The van der Waals surface area contributed by atoms with Crippen molar-refractivity contribution in [2.45, 2.75) is 13.5 Å². The summed E-state index contributed by atoms with van der Waals surface area (Å²) in [6.45, 7) is 2.77. The molecule has 1 rings (SSSR count). The molecule has 0 saturated heterocycles. The first-order valence-electron chi connectivity index (χ1n) is 5.19. The summed E-state index contributed by atoms with van der Waals surface area (Å²) >= 11 is 5.83. The van der Waals surface area contributed by atoms with Crippen molar-refractivity contribution in [3.05, 3.63) is 34.9 Å². The van der Waals surface area contributed by atoms with E-state index in [1.807, 2.05) is 24.3 Å². The van der Waals surface area contributed by atoms with Gasteiger partial charge in [0.15, 0.2) is 9.84 Å². The second-order valence-corrected chi connectivity index (χ2v) is 6.45. The Kier molecular flexibility index (Phi) is 5.25. The van der Waals surface area contributed by atoms with Crippen LogP contribution in [-0.4, -0.2) is 26.5 Å². The molecule has 0 saturated carbocycles. The molecule has 0 aliphatic carbocycles. The van der Waals surface area contributed by atoms with Crippen molar-refractivity contribution in [2.75, 3.05) is 18.1 Å². The van der Waals surface area contributed by atoms with E-state index in [0.29, 0.717) is 18.1 Å². The number of sulfone groups is 1. The molecule has 0 atom stereocenters. The first-order chi connectivity index (χ1) is 7.53. The van der Waals surface area contributed by atoms with Crippen molar-refractivity contribution >= 4 is 21.4 Å². The van der Waals surface area contributed by atoms with E-state index in [2.05, 4.69) is 5.32 Å². The number of hydrogen-bond acceptors (Lipinski definition) is 3. The lowest BCUT2D eigenvalue weighted by Crippen LogP contribution is -2.23. The van der Waals surface area contributed by atoms with Gasteiger partial charge in [-0.2, -0.15) is 0 Å². The number of benzene rings is 1. The monoisotopic (exact) mass is 261 g/mol. The molecule has 0 radical (unpaired) electrons. The lowest BCUT2D eigenvalue weighted by Gasteiger charge is -2.05. The summed E-state index contributed by atoms with van der Waals surface area (Å²) in [5, 5.41) is 3.78. The highest BCUT2D eigenvalue weighted by atomic mass is 35.5. The number of hydrogen-bond donors (Lipinski definition) is 1. The third-order valence-electron chi connectivity index (χ3n) is 2.25. The first-order valence-corrected chi connectivity index (χ1v) is 7.39. The third kappa shape index (κ3) is 4.96. The van der Waals surface area contributed by atoms with Crippen LogP contribution in [-0.2, 0) is 16.4 Å². The van der Waals surface area contributed by atoms with E-state index in [1.165, 1.54) is 0 Å². The fraction of sp³-hybridized carbons (Fsp3) is 0.455. The van der Waals surface area contributed by atoms with E-state index in [-0.39, 0.29) is 11.5 Å². The SMILES string of the molecule is CCS(=O)(=O)CCNCc1cccc(Cl)c1. The molecule has 0 heterocycles. The molecule has 1 aromatic carbocycles. The lowest BCUT2D eigenvalue weighted by atomic mass is 10.2. The molecule has 3 nitrogen and oxygen atoms in total. The molecular weight excluding hydrogens is 246 g/mol. The topological polar surface area (TPSA) is 46.2 Å². The second kappa shape index (κ2) is 6.23. The van der Waals surface area contributed by atoms with Crippen LogP contribution in [0.5, 0.6) is 0 Å². The Hall–Kier alpha value is -0.580. The Morgan fingerprint density at radius 1 is 1.38 bits per heavy atom. The first kappa shape index (κ1) is 13.5. The van der Waals surface area contributed by atoms with Crippen molar-refractivity contribution in [3.8, 4) is 0 Å². The van der Waals surface area contributed by atoms with Crippen LogP contribution in [0.2, 0.25) is 5.02 Å². The molecule has 1 aromatic rings. The van der Waals surface area contributed by atoms with Crippen LogP contribution in [0, 0.1) is 0 Å². The molecular formula is C11H16ClNO2S. The average Bonchev–Trinajstić information content (AvgIpc) is 2.25. The maximum absolute atomic E-state index is 11.2. The minimum Gasteiger partial charge on any atom is -0.312 e. The molecule has 90 valence electrons. The van der Waals surface area contributed by atoms with Gasteiger partial charge in [-0.25, -0.2) is 8.42 Å². The predicted molar refractivity (Wildman–Crippen MR) is 67.5 cm³/mol. The van der Waals surface area contributed by atoms with Crippen LogP contribution in [0.25, 0.3) is 0 Å². The largest absolute Gasteiger partial charge is 0.312 e. The maximum Gasteiger partial charge on any atom is 0.151 e. The Bertz CT molecular complexity index is 431. The fourth-order valence-electron chi connectivity index (χ4n) is 1.25. The maximum atomic E-state index is 11.2. The van der Waals surface area contributed by atoms with Crippen LogP contribution in [0.15, 0.2) is 24.3 Å². The van der Waals surface area contributed by atoms with Crippen LogP contribution in [0.4, 0.5) is 0 Å². The lowest BCUT2D eigenvalue weighted by molar-refractivity contribution is 0.592. The summed E-state index contributed by atoms with van der Waals surface area (Å²) in [6, 6.07) is 7.50. The molecule has 0 unspecified atom stereocenters. The van der Waals surface area contributed by atoms with Crippen molar-refractivity contribution in [2.24, 2.45) is 0 Å². The highest BCUT2D eigenvalue weighted by molar-refractivity contribution is 7.91. The summed E-state index contributed by atoms with van der Waals surface area (Å²) in [5.41, 5.74) is 1.06. The quantitative estimate of drug-likeness (QED) is 0.796. The smallest absolute Gasteiger partial charge is 0.151 e. The van der Waals surface area contributed by atoms with Crippen molar-refractivity contribution in [3.63, 3.8) is 0 Å². The number of halogens is 1. The van der Waals surface area contributed by atoms with E-state index < -0.39 is 9.84 Å². The van der Waals surface area contributed by atoms with Gasteiger partial charge < -0.3 is 5.32 Å². The van der Waals surface area contributed by atoms with Crippen LogP contribution < -0.4 is 5.32 Å². The summed E-state index contributed by atoms with van der Waals surface area (Å²) < 4.78 is 22.4. The number of rotatable bonds is 6. The molecule has 0 aliphatic rings. The van der Waals surface area contributed by atoms with Gasteiger partial charge in [-0.3, -0.25) is 0 Å². The van der Waals surface area contributed by atoms with Gasteiger partial charge >= 0.3 is 0 Å². The summed E-state index contributed by atoms with van der Waals surface area (Å²) in [5.74, 6) is 0.385. The van der Waals surface area contributed by atoms with E-state index in [4.69, 9.17) is 11.6 Å². The summed E-state index contributed by atoms with van der Waals surface area (Å²) in [6.07, 6.45) is 0. The molecule has 0 bridgehead atoms. The van der Waals surface area contributed by atoms with Gasteiger partial charge in [0.25, 0.3) is 0 Å². The van der Waals surface area contributed by atoms with Gasteiger partial charge in [0.1, 0.15) is 0 Å². The highest BCUT2D eigenvalue weighted by Gasteiger charge is 2.05. The van der Waals surface area contributed by atoms with E-state index in [1.54, 1.807) is 6.92 Å². The Morgan fingerprint density at radius 2 is 2.12 bits per heavy atom. The summed E-state index contributed by atoms with van der Waals surface area (Å²) in [7, 11) is -2.87. The molecule has 0 aliphatic heterocycles. The minimum absolute atomic E-state index is 0.185. The van der Waals surface area contributed by atoms with Crippen molar-refractivity contribution in [1.29, 1.82) is 0 Å². The van der Waals surface area contributed by atoms with E-state index in [9.17, 15) is 8.42 Å². The van der Waals surface area contributed by atoms with Gasteiger partial charge in [0.2, 0.25) is 0 Å². The zero-order chi connectivity index (χ0) is 12.0. The molecule has 0 spiro atoms. The predicted octanol–water partition coefficient (Wildman–Crippen LogP) is 1.86. The molecule has 0 aromatic heterocycles. The summed E-state index contributed by atoms with van der Waals surface area (Å²) in [4.78, 5) is 0.